The molecule has 0 aliphatic heterocycles. The number of allylic oxidation sites excluding steroid dienone is 1. The average Bonchev–Trinajstić information content (AvgIpc) is 3.68. The monoisotopic (exact) mass is 736 g/mol. The highest BCUT2D eigenvalue weighted by molar-refractivity contribution is 7.09. The molecule has 4 saturated carbocycles. The summed E-state index contributed by atoms with van der Waals surface area (Å²) in [6.07, 6.45) is 5.45. The second kappa shape index (κ2) is 12.6. The lowest BCUT2D eigenvalue weighted by atomic mass is 9.31. The number of fused-ring (bicyclic) bond motifs is 7. The third-order valence-corrected chi connectivity index (χ3v) is 16.6. The number of carboxylic acid groups (broad SMARTS) is 1. The first kappa shape index (κ1) is 38.9. The molecule has 4 N–H and O–H groups in total. The Hall–Kier alpha value is -2.85. The van der Waals surface area contributed by atoms with Crippen LogP contribution >= 0.6 is 11.3 Å². The van der Waals surface area contributed by atoms with Crippen LogP contribution in [0.5, 0.6) is 0 Å². The minimum atomic E-state index is -1.23. The van der Waals surface area contributed by atoms with Gasteiger partial charge in [-0.25, -0.2) is 0 Å². The van der Waals surface area contributed by atoms with E-state index in [-0.39, 0.29) is 59.4 Å². The zero-order valence-electron chi connectivity index (χ0n) is 32.7. The molecule has 1 aromatic heterocycles. The summed E-state index contributed by atoms with van der Waals surface area (Å²) in [6.45, 7) is 18.9. The molecule has 286 valence electrons. The zero-order valence-corrected chi connectivity index (χ0v) is 33.5. The van der Waals surface area contributed by atoms with E-state index in [2.05, 4.69) is 39.9 Å². The van der Waals surface area contributed by atoms with Crippen LogP contribution in [-0.4, -0.2) is 46.2 Å². The highest BCUT2D eigenvalue weighted by Gasteiger charge is 2.75. The lowest BCUT2D eigenvalue weighted by Crippen LogP contribution is -2.74. The highest BCUT2D eigenvalue weighted by Crippen LogP contribution is 2.77. The molecule has 52 heavy (non-hydrogen) atoms. The Kier molecular flexibility index (Phi) is 9.42. The fourth-order valence-corrected chi connectivity index (χ4v) is 13.4. The van der Waals surface area contributed by atoms with Crippen LogP contribution in [0, 0.1) is 50.2 Å². The minimum Gasteiger partial charge on any atom is -0.481 e. The number of hydrogen-bond donors (Lipinski definition) is 3. The normalized spacial score (nSPS) is 38.1. The van der Waals surface area contributed by atoms with Crippen LogP contribution in [0.1, 0.15) is 131 Å². The summed E-state index contributed by atoms with van der Waals surface area (Å²) < 4.78 is 6.13. The molecule has 4 fully saturated rings. The maximum absolute atomic E-state index is 14.5. The number of carbonyl (C=O) groups excluding carboxylic acids is 4. The highest BCUT2D eigenvalue weighted by atomic mass is 32.1. The maximum Gasteiger partial charge on any atom is 0.309 e. The molecule has 6 rings (SSSR count). The molecule has 0 radical (unpaired) electrons. The van der Waals surface area contributed by atoms with Crippen LogP contribution in [0.3, 0.4) is 0 Å². The summed E-state index contributed by atoms with van der Waals surface area (Å²) in [5.74, 6) is -2.27. The molecule has 0 bridgehead atoms. The molecule has 1 amide bonds. The van der Waals surface area contributed by atoms with Gasteiger partial charge in [-0.3, -0.25) is 24.0 Å². The first-order chi connectivity index (χ1) is 24.0. The number of Topliss-reactive ketones (excluding diaryl/α,β-unsaturated/α-hetero) is 2. The summed E-state index contributed by atoms with van der Waals surface area (Å²) >= 11 is 1.52. The number of carbonyl (C=O) groups is 5. The number of esters is 1. The van der Waals surface area contributed by atoms with Crippen molar-refractivity contribution >= 4 is 40.7 Å². The SMILES string of the molecule is CC(C)C1=C2[C@@](C(=O)C(=O)NCc3cccs3)(CC[C@]3(C)[C@]2(N)CC[C@@H]2[C@@]4(C)CC[C@H](OC(=O)CC(C)(C)C(=O)O)C(C)(C)[C@@H]4CC[C@]23C)CC1=O. The van der Waals surface area contributed by atoms with Crippen LogP contribution < -0.4 is 11.1 Å². The molecule has 5 aliphatic rings. The number of aliphatic carboxylic acids is 1. The number of amides is 1. The molecule has 1 heterocycles. The van der Waals surface area contributed by atoms with E-state index in [1.807, 2.05) is 31.4 Å². The number of thiophene rings is 1. The van der Waals surface area contributed by atoms with E-state index in [4.69, 9.17) is 10.5 Å². The molecule has 8 atom stereocenters. The quantitative estimate of drug-likeness (QED) is 0.175. The summed E-state index contributed by atoms with van der Waals surface area (Å²) in [7, 11) is 0. The fraction of sp³-hybridized carbons (Fsp3) is 0.738. The Labute approximate surface area is 313 Å². The van der Waals surface area contributed by atoms with Gasteiger partial charge in [-0.15, -0.1) is 11.3 Å². The third-order valence-electron chi connectivity index (χ3n) is 15.7. The van der Waals surface area contributed by atoms with Crippen molar-refractivity contribution in [3.8, 4) is 0 Å². The number of ketones is 2. The smallest absolute Gasteiger partial charge is 0.309 e. The van der Waals surface area contributed by atoms with Crippen LogP contribution in [0.4, 0.5) is 0 Å². The van der Waals surface area contributed by atoms with Gasteiger partial charge in [0.25, 0.3) is 5.91 Å². The summed E-state index contributed by atoms with van der Waals surface area (Å²) in [5, 5.41) is 14.4. The van der Waals surface area contributed by atoms with Gasteiger partial charge in [-0.2, -0.15) is 0 Å². The Morgan fingerprint density at radius 1 is 1.00 bits per heavy atom. The van der Waals surface area contributed by atoms with Gasteiger partial charge in [0.15, 0.2) is 5.78 Å². The largest absolute Gasteiger partial charge is 0.481 e. The predicted molar refractivity (Wildman–Crippen MR) is 200 cm³/mol. The average molecular weight is 737 g/mol. The third kappa shape index (κ3) is 5.42. The van der Waals surface area contributed by atoms with Crippen LogP contribution in [0.2, 0.25) is 0 Å². The fourth-order valence-electron chi connectivity index (χ4n) is 12.7. The van der Waals surface area contributed by atoms with Crippen LogP contribution in [0.15, 0.2) is 28.7 Å². The van der Waals surface area contributed by atoms with Crippen molar-refractivity contribution in [2.24, 2.45) is 56.0 Å². The van der Waals surface area contributed by atoms with Crippen molar-refractivity contribution in [2.75, 3.05) is 0 Å². The van der Waals surface area contributed by atoms with Crippen molar-refractivity contribution in [1.29, 1.82) is 0 Å². The molecule has 5 aliphatic carbocycles. The van der Waals surface area contributed by atoms with Crippen LogP contribution in [-0.2, 0) is 35.3 Å². The van der Waals surface area contributed by atoms with Gasteiger partial charge >= 0.3 is 11.9 Å². The van der Waals surface area contributed by atoms with Gasteiger partial charge in [0.05, 0.1) is 23.8 Å². The van der Waals surface area contributed by atoms with Crippen molar-refractivity contribution in [2.45, 2.75) is 145 Å². The van der Waals surface area contributed by atoms with Gasteiger partial charge in [-0.1, -0.05) is 54.5 Å². The number of rotatable bonds is 9. The second-order valence-corrected chi connectivity index (χ2v) is 20.4. The van der Waals surface area contributed by atoms with E-state index >= 15 is 0 Å². The number of carboxylic acids is 1. The van der Waals surface area contributed by atoms with Gasteiger partial charge < -0.3 is 20.9 Å². The van der Waals surface area contributed by atoms with Crippen molar-refractivity contribution in [3.63, 3.8) is 0 Å². The molecule has 9 nitrogen and oxygen atoms in total. The molecule has 0 saturated heterocycles. The van der Waals surface area contributed by atoms with Gasteiger partial charge in [-0.05, 0) is 122 Å². The predicted octanol–water partition coefficient (Wildman–Crippen LogP) is 7.41. The summed E-state index contributed by atoms with van der Waals surface area (Å²) in [5.41, 5.74) is 4.85. The van der Waals surface area contributed by atoms with E-state index in [9.17, 15) is 29.1 Å². The van der Waals surface area contributed by atoms with E-state index in [1.54, 1.807) is 13.8 Å². The van der Waals surface area contributed by atoms with Crippen molar-refractivity contribution in [1.82, 2.24) is 5.32 Å². The number of hydrogen-bond acceptors (Lipinski definition) is 8. The number of nitrogens with one attached hydrogen (secondary N) is 1. The Balaban J connectivity index is 1.32. The second-order valence-electron chi connectivity index (χ2n) is 19.3. The Morgan fingerprint density at radius 3 is 2.29 bits per heavy atom. The molecular formula is C42H60N2O7S. The summed E-state index contributed by atoms with van der Waals surface area (Å²) in [4.78, 5) is 67.9. The lowest BCUT2D eigenvalue weighted by Gasteiger charge is -2.74. The lowest BCUT2D eigenvalue weighted by molar-refractivity contribution is -0.236. The van der Waals surface area contributed by atoms with E-state index < -0.39 is 45.4 Å². The molecule has 0 unspecified atom stereocenters. The Bertz CT molecular complexity index is 1710. The maximum atomic E-state index is 14.5. The number of ether oxygens (including phenoxy) is 1. The minimum absolute atomic E-state index is 0.00795. The van der Waals surface area contributed by atoms with Crippen molar-refractivity contribution in [3.05, 3.63) is 33.5 Å². The van der Waals surface area contributed by atoms with Crippen molar-refractivity contribution < 1.29 is 33.8 Å². The molecule has 1 aromatic rings. The van der Waals surface area contributed by atoms with E-state index in [1.165, 1.54) is 11.3 Å². The summed E-state index contributed by atoms with van der Waals surface area (Å²) in [6, 6.07) is 3.84. The first-order valence-electron chi connectivity index (χ1n) is 19.4. The molecule has 0 spiro atoms. The first-order valence-corrected chi connectivity index (χ1v) is 20.2. The van der Waals surface area contributed by atoms with E-state index in [0.29, 0.717) is 37.2 Å². The molecular weight excluding hydrogens is 677 g/mol. The van der Waals surface area contributed by atoms with Crippen LogP contribution in [0.25, 0.3) is 0 Å². The van der Waals surface area contributed by atoms with E-state index in [0.717, 1.165) is 36.1 Å². The van der Waals surface area contributed by atoms with Gasteiger partial charge in [0, 0.05) is 22.3 Å². The zero-order chi connectivity index (χ0) is 38.4. The molecule has 10 heteroatoms. The topological polar surface area (TPSA) is 153 Å². The Morgan fingerprint density at radius 2 is 1.67 bits per heavy atom. The molecule has 0 aromatic carbocycles. The standard InChI is InChI=1S/C42H60N2O7S/c1-24(2)31-26(45)21-41(33(47)34(48)44-23-25-11-10-20-52-25)19-18-40(9)39(8)16-12-27-37(5,6)29(51-30(46)22-36(3,4)35(49)50)14-15-38(27,7)28(39)13-17-42(40,43)32(31)41/h10-11,20,24,27-29H,12-19,21-23,43H2,1-9H3,(H,44,48)(H,49,50)/t27-,28+,29-,38-,39+,40-,41+,42-/m0/s1. The van der Waals surface area contributed by atoms with Gasteiger partial charge in [0.1, 0.15) is 6.10 Å². The number of nitrogens with two attached hydrogens (primary N) is 1. The van der Waals surface area contributed by atoms with Gasteiger partial charge in [0.2, 0.25) is 5.78 Å².